The highest BCUT2D eigenvalue weighted by atomic mass is 35.5. The van der Waals surface area contributed by atoms with E-state index < -0.39 is 17.5 Å². The number of rotatable bonds is 4. The Balaban J connectivity index is 1.58. The van der Waals surface area contributed by atoms with Gasteiger partial charge in [-0.05, 0) is 49.6 Å². The van der Waals surface area contributed by atoms with Crippen molar-refractivity contribution in [1.29, 1.82) is 0 Å². The zero-order valence-corrected chi connectivity index (χ0v) is 20.1. The Morgan fingerprint density at radius 3 is 2.25 bits per heavy atom. The molecule has 0 saturated carbocycles. The van der Waals surface area contributed by atoms with Crippen LogP contribution in [0.2, 0.25) is 5.02 Å². The number of anilines is 1. The van der Waals surface area contributed by atoms with Gasteiger partial charge in [0.1, 0.15) is 6.04 Å². The summed E-state index contributed by atoms with van der Waals surface area (Å²) in [6, 6.07) is 5.88. The van der Waals surface area contributed by atoms with Crippen LogP contribution in [0.4, 0.5) is 10.5 Å². The fourth-order valence-electron chi connectivity index (χ4n) is 4.25. The van der Waals surface area contributed by atoms with Gasteiger partial charge >= 0.3 is 6.03 Å². The highest BCUT2D eigenvalue weighted by molar-refractivity contribution is 6.30. The van der Waals surface area contributed by atoms with Gasteiger partial charge in [0.05, 0.1) is 6.54 Å². The quantitative estimate of drug-likeness (QED) is 0.718. The first-order valence-electron chi connectivity index (χ1n) is 11.1. The van der Waals surface area contributed by atoms with Crippen molar-refractivity contribution in [2.45, 2.75) is 45.7 Å². The molecule has 9 heteroatoms. The van der Waals surface area contributed by atoms with E-state index in [9.17, 15) is 14.4 Å². The molecule has 4 amide bonds. The Morgan fingerprint density at radius 1 is 1.06 bits per heavy atom. The number of benzene rings is 1. The van der Waals surface area contributed by atoms with Crippen molar-refractivity contribution in [3.05, 3.63) is 29.3 Å². The maximum absolute atomic E-state index is 13.3. The van der Waals surface area contributed by atoms with Gasteiger partial charge in [0.15, 0.2) is 0 Å². The van der Waals surface area contributed by atoms with Gasteiger partial charge < -0.3 is 20.4 Å². The van der Waals surface area contributed by atoms with E-state index in [1.165, 1.54) is 0 Å². The van der Waals surface area contributed by atoms with E-state index in [-0.39, 0.29) is 17.9 Å². The first kappa shape index (κ1) is 24.3. The molecule has 2 fully saturated rings. The van der Waals surface area contributed by atoms with Gasteiger partial charge in [-0.3, -0.25) is 14.5 Å². The average Bonchev–Trinajstić information content (AvgIpc) is 2.73. The lowest BCUT2D eigenvalue weighted by atomic mass is 9.85. The summed E-state index contributed by atoms with van der Waals surface area (Å²) < 4.78 is 0. The largest absolute Gasteiger partial charge is 0.341 e. The lowest BCUT2D eigenvalue weighted by molar-refractivity contribution is -0.141. The highest BCUT2D eigenvalue weighted by Gasteiger charge is 2.38. The number of halogens is 1. The summed E-state index contributed by atoms with van der Waals surface area (Å²) in [7, 11) is 1.96. The Kier molecular flexibility index (Phi) is 7.67. The molecular weight excluding hydrogens is 430 g/mol. The van der Waals surface area contributed by atoms with Crippen molar-refractivity contribution in [1.82, 2.24) is 20.0 Å². The molecule has 2 N–H and O–H groups in total. The van der Waals surface area contributed by atoms with Gasteiger partial charge in [-0.2, -0.15) is 0 Å². The zero-order valence-electron chi connectivity index (χ0n) is 19.4. The minimum atomic E-state index is -0.670. The lowest BCUT2D eigenvalue weighted by Gasteiger charge is -2.43. The van der Waals surface area contributed by atoms with Crippen LogP contribution >= 0.6 is 11.6 Å². The van der Waals surface area contributed by atoms with Gasteiger partial charge in [-0.1, -0.05) is 32.4 Å². The van der Waals surface area contributed by atoms with Gasteiger partial charge in [-0.15, -0.1) is 0 Å². The van der Waals surface area contributed by atoms with Crippen LogP contribution in [0, 0.1) is 5.41 Å². The second-order valence-electron chi connectivity index (χ2n) is 9.79. The second kappa shape index (κ2) is 10.1. The van der Waals surface area contributed by atoms with E-state index in [1.54, 1.807) is 24.3 Å². The first-order valence-corrected chi connectivity index (χ1v) is 11.5. The molecule has 2 aliphatic heterocycles. The molecule has 1 aromatic carbocycles. The van der Waals surface area contributed by atoms with Gasteiger partial charge in [0, 0.05) is 42.9 Å². The maximum Gasteiger partial charge on any atom is 0.319 e. The molecule has 2 saturated heterocycles. The second-order valence-corrected chi connectivity index (χ2v) is 10.2. The van der Waals surface area contributed by atoms with Crippen LogP contribution < -0.4 is 10.6 Å². The maximum atomic E-state index is 13.3. The zero-order chi connectivity index (χ0) is 23.5. The van der Waals surface area contributed by atoms with Crippen LogP contribution in [0.15, 0.2) is 24.3 Å². The Bertz CT molecular complexity index is 831. The fourth-order valence-corrected chi connectivity index (χ4v) is 4.38. The van der Waals surface area contributed by atoms with Crippen LogP contribution in [0.3, 0.4) is 0 Å². The molecule has 8 nitrogen and oxygen atoms in total. The Morgan fingerprint density at radius 2 is 1.69 bits per heavy atom. The predicted octanol–water partition coefficient (Wildman–Crippen LogP) is 2.64. The van der Waals surface area contributed by atoms with Crippen molar-refractivity contribution in [2.24, 2.45) is 5.41 Å². The third kappa shape index (κ3) is 6.13. The van der Waals surface area contributed by atoms with Crippen molar-refractivity contribution in [3.63, 3.8) is 0 Å². The number of likely N-dealkylation sites (tertiary alicyclic amines) is 1. The number of nitrogens with one attached hydrogen (secondary N) is 2. The SMILES string of the molecule is CN1CCN(C2CCN(C(=O)C(NC(=O)Nc3ccc(Cl)cc3)C(C)(C)C)CC2)C(=O)C1. The van der Waals surface area contributed by atoms with Crippen LogP contribution in [0.5, 0.6) is 0 Å². The highest BCUT2D eigenvalue weighted by Crippen LogP contribution is 2.25. The molecule has 2 aliphatic rings. The number of hydrogen-bond acceptors (Lipinski definition) is 4. The van der Waals surface area contributed by atoms with E-state index >= 15 is 0 Å². The van der Waals surface area contributed by atoms with E-state index in [4.69, 9.17) is 11.6 Å². The number of amides is 4. The van der Waals surface area contributed by atoms with Crippen molar-refractivity contribution in [2.75, 3.05) is 45.1 Å². The van der Waals surface area contributed by atoms with Crippen LogP contribution in [-0.2, 0) is 9.59 Å². The lowest BCUT2D eigenvalue weighted by Crippen LogP contribution is -2.59. The van der Waals surface area contributed by atoms with Gasteiger partial charge in [0.25, 0.3) is 0 Å². The molecule has 1 aromatic rings. The molecule has 0 bridgehead atoms. The fraction of sp³-hybridized carbons (Fsp3) is 0.609. The molecule has 32 heavy (non-hydrogen) atoms. The molecule has 0 radical (unpaired) electrons. The molecule has 176 valence electrons. The first-order chi connectivity index (χ1) is 15.0. The van der Waals surface area contributed by atoms with Crippen molar-refractivity contribution in [3.8, 4) is 0 Å². The van der Waals surface area contributed by atoms with E-state index in [0.29, 0.717) is 30.3 Å². The number of carbonyl (C=O) groups excluding carboxylic acids is 3. The Labute approximate surface area is 195 Å². The van der Waals surface area contributed by atoms with Gasteiger partial charge in [-0.25, -0.2) is 4.79 Å². The minimum Gasteiger partial charge on any atom is -0.341 e. The normalized spacial score (nSPS) is 19.6. The average molecular weight is 464 g/mol. The summed E-state index contributed by atoms with van der Waals surface area (Å²) in [5, 5.41) is 6.20. The van der Waals surface area contributed by atoms with Crippen molar-refractivity contribution >= 4 is 35.1 Å². The molecule has 1 atom stereocenters. The number of likely N-dealkylation sites (N-methyl/N-ethyl adjacent to an activating group) is 1. The van der Waals surface area contributed by atoms with Crippen LogP contribution in [0.25, 0.3) is 0 Å². The molecule has 0 aliphatic carbocycles. The number of piperazine rings is 1. The van der Waals surface area contributed by atoms with E-state index in [2.05, 4.69) is 10.6 Å². The summed E-state index contributed by atoms with van der Waals surface area (Å²) in [5.74, 6) is 0.0727. The minimum absolute atomic E-state index is 0.0908. The summed E-state index contributed by atoms with van der Waals surface area (Å²) >= 11 is 5.89. The summed E-state index contributed by atoms with van der Waals surface area (Å²) in [4.78, 5) is 44.1. The number of hydrogen-bond donors (Lipinski definition) is 2. The Hall–Kier alpha value is -2.32. The molecule has 1 unspecified atom stereocenters. The van der Waals surface area contributed by atoms with E-state index in [0.717, 1.165) is 25.9 Å². The number of urea groups is 1. The number of nitrogens with zero attached hydrogens (tertiary/aromatic N) is 3. The van der Waals surface area contributed by atoms with Crippen molar-refractivity contribution < 1.29 is 14.4 Å². The molecule has 0 spiro atoms. The van der Waals surface area contributed by atoms with Gasteiger partial charge in [0.2, 0.25) is 11.8 Å². The summed E-state index contributed by atoms with van der Waals surface area (Å²) in [6.45, 7) is 9.05. The standard InChI is InChI=1S/C23H34ClN5O3/c1-23(2,3)20(26-22(32)25-17-7-5-16(24)6-8-17)21(31)28-11-9-18(10-12-28)29-14-13-27(4)15-19(29)30/h5-8,18,20H,9-15H2,1-4H3,(H2,25,26,32). The molecule has 2 heterocycles. The topological polar surface area (TPSA) is 85.0 Å². The molecule has 0 aromatic heterocycles. The third-order valence-corrected chi connectivity index (χ3v) is 6.41. The van der Waals surface area contributed by atoms with E-state index in [1.807, 2.05) is 42.5 Å². The number of carbonyl (C=O) groups is 3. The summed E-state index contributed by atoms with van der Waals surface area (Å²) in [5.41, 5.74) is 0.142. The third-order valence-electron chi connectivity index (χ3n) is 6.16. The molecule has 3 rings (SSSR count). The molecular formula is C23H34ClN5O3. The van der Waals surface area contributed by atoms with Crippen LogP contribution in [0.1, 0.15) is 33.6 Å². The smallest absolute Gasteiger partial charge is 0.319 e. The number of piperidine rings is 1. The summed E-state index contributed by atoms with van der Waals surface area (Å²) in [6.07, 6.45) is 1.52. The predicted molar refractivity (Wildman–Crippen MR) is 126 cm³/mol. The van der Waals surface area contributed by atoms with Crippen LogP contribution in [-0.4, -0.2) is 84.4 Å². The monoisotopic (exact) mass is 463 g/mol.